The number of anilines is 1. The van der Waals surface area contributed by atoms with E-state index in [0.717, 1.165) is 0 Å². The lowest BCUT2D eigenvalue weighted by atomic mass is 10.0. The molecule has 1 aliphatic heterocycles. The van der Waals surface area contributed by atoms with E-state index in [1.165, 1.54) is 23.1 Å². The van der Waals surface area contributed by atoms with Crippen molar-refractivity contribution in [1.29, 1.82) is 0 Å². The number of carbonyl (C=O) groups is 2. The summed E-state index contributed by atoms with van der Waals surface area (Å²) in [5.74, 6) is -1.59. The van der Waals surface area contributed by atoms with Crippen LogP contribution >= 0.6 is 0 Å². The molecule has 1 unspecified atom stereocenters. The topological polar surface area (TPSA) is 95.7 Å². The molecule has 0 radical (unpaired) electrons. The molecule has 0 bridgehead atoms. The molecule has 102 valence electrons. The van der Waals surface area contributed by atoms with E-state index < -0.39 is 23.4 Å². The molecule has 0 aromatic heterocycles. The fraction of sp³-hybridized carbons (Fsp3) is 0.333. The second-order valence-corrected chi connectivity index (χ2v) is 4.57. The average Bonchev–Trinajstić information content (AvgIpc) is 2.73. The molecule has 1 heterocycles. The number of nitrogens with one attached hydrogen (secondary N) is 1. The Labute approximate surface area is 109 Å². The van der Waals surface area contributed by atoms with E-state index in [-0.39, 0.29) is 19.5 Å². The van der Waals surface area contributed by atoms with E-state index in [4.69, 9.17) is 10.8 Å². The van der Waals surface area contributed by atoms with Gasteiger partial charge in [0, 0.05) is 12.2 Å². The van der Waals surface area contributed by atoms with Crippen molar-refractivity contribution in [3.8, 4) is 0 Å². The van der Waals surface area contributed by atoms with Gasteiger partial charge >= 0.3 is 12.0 Å². The molecule has 1 aliphatic rings. The number of likely N-dealkylation sites (tertiary alicyclic amines) is 1. The third kappa shape index (κ3) is 2.82. The first-order valence-corrected chi connectivity index (χ1v) is 5.74. The maximum Gasteiger partial charge on any atom is 0.325 e. The van der Waals surface area contributed by atoms with Gasteiger partial charge in [0.05, 0.1) is 6.54 Å². The van der Waals surface area contributed by atoms with Gasteiger partial charge in [0.15, 0.2) is 0 Å². The first kappa shape index (κ1) is 13.3. The monoisotopic (exact) mass is 267 g/mol. The molecule has 1 saturated heterocycles. The van der Waals surface area contributed by atoms with E-state index in [2.05, 4.69) is 5.32 Å². The quantitative estimate of drug-likeness (QED) is 0.740. The highest BCUT2D eigenvalue weighted by Crippen LogP contribution is 2.20. The fourth-order valence-corrected chi connectivity index (χ4v) is 1.95. The van der Waals surface area contributed by atoms with Gasteiger partial charge in [0.25, 0.3) is 0 Å². The van der Waals surface area contributed by atoms with Gasteiger partial charge in [-0.05, 0) is 24.6 Å². The Morgan fingerprint density at radius 3 is 2.79 bits per heavy atom. The normalized spacial score (nSPS) is 22.3. The molecule has 4 N–H and O–H groups in total. The predicted molar refractivity (Wildman–Crippen MR) is 66.2 cm³/mol. The molecule has 7 heteroatoms. The van der Waals surface area contributed by atoms with Gasteiger partial charge in [0.1, 0.15) is 11.4 Å². The zero-order valence-electron chi connectivity index (χ0n) is 10.1. The highest BCUT2D eigenvalue weighted by Gasteiger charge is 2.42. The molecule has 19 heavy (non-hydrogen) atoms. The lowest BCUT2D eigenvalue weighted by Gasteiger charge is -2.20. The van der Waals surface area contributed by atoms with Crippen molar-refractivity contribution in [2.24, 2.45) is 5.73 Å². The SMILES string of the molecule is NC1(C(=O)O)CCN(C(=O)Nc2cccc(F)c2)C1. The molecule has 1 aromatic rings. The van der Waals surface area contributed by atoms with Crippen LogP contribution in [0.4, 0.5) is 14.9 Å². The summed E-state index contributed by atoms with van der Waals surface area (Å²) in [6.45, 7) is 0.188. The third-order valence-corrected chi connectivity index (χ3v) is 3.09. The second-order valence-electron chi connectivity index (χ2n) is 4.57. The van der Waals surface area contributed by atoms with Crippen LogP contribution in [0.2, 0.25) is 0 Å². The van der Waals surface area contributed by atoms with Crippen molar-refractivity contribution in [3.05, 3.63) is 30.1 Å². The largest absolute Gasteiger partial charge is 0.480 e. The summed E-state index contributed by atoms with van der Waals surface area (Å²) in [5.41, 5.74) is 4.58. The summed E-state index contributed by atoms with van der Waals surface area (Å²) < 4.78 is 13.0. The van der Waals surface area contributed by atoms with Crippen molar-refractivity contribution < 1.29 is 19.1 Å². The number of amides is 2. The number of halogens is 1. The Morgan fingerprint density at radius 2 is 2.21 bits per heavy atom. The Kier molecular flexibility index (Phi) is 3.39. The summed E-state index contributed by atoms with van der Waals surface area (Å²) >= 11 is 0. The highest BCUT2D eigenvalue weighted by atomic mass is 19.1. The van der Waals surface area contributed by atoms with Crippen LogP contribution in [0.3, 0.4) is 0 Å². The fourth-order valence-electron chi connectivity index (χ4n) is 1.95. The number of carbonyl (C=O) groups excluding carboxylic acids is 1. The molecule has 2 amide bonds. The van der Waals surface area contributed by atoms with E-state index in [9.17, 15) is 14.0 Å². The number of urea groups is 1. The number of aliphatic carboxylic acids is 1. The maximum atomic E-state index is 13.0. The van der Waals surface area contributed by atoms with Crippen molar-refractivity contribution in [2.75, 3.05) is 18.4 Å². The second kappa shape index (κ2) is 4.85. The van der Waals surface area contributed by atoms with Crippen LogP contribution in [-0.2, 0) is 4.79 Å². The van der Waals surface area contributed by atoms with Crippen LogP contribution in [0, 0.1) is 5.82 Å². The minimum atomic E-state index is -1.40. The molecule has 1 fully saturated rings. The summed E-state index contributed by atoms with van der Waals surface area (Å²) in [5, 5.41) is 11.5. The van der Waals surface area contributed by atoms with Gasteiger partial charge in [0.2, 0.25) is 0 Å². The van der Waals surface area contributed by atoms with Crippen molar-refractivity contribution in [1.82, 2.24) is 4.90 Å². The Bertz CT molecular complexity index is 523. The molecule has 0 aliphatic carbocycles. The van der Waals surface area contributed by atoms with Crippen molar-refractivity contribution in [2.45, 2.75) is 12.0 Å². The first-order valence-electron chi connectivity index (χ1n) is 5.74. The third-order valence-electron chi connectivity index (χ3n) is 3.09. The van der Waals surface area contributed by atoms with E-state index >= 15 is 0 Å². The molecule has 0 saturated carbocycles. The van der Waals surface area contributed by atoms with Crippen LogP contribution in [0.25, 0.3) is 0 Å². The van der Waals surface area contributed by atoms with E-state index in [1.54, 1.807) is 6.07 Å². The standard InChI is InChI=1S/C12H14FN3O3/c13-8-2-1-3-9(6-8)15-11(19)16-5-4-12(14,7-16)10(17)18/h1-3,6H,4-5,7,14H2,(H,15,19)(H,17,18). The van der Waals surface area contributed by atoms with Gasteiger partial charge in [-0.15, -0.1) is 0 Å². The molecule has 6 nitrogen and oxygen atoms in total. The molecular weight excluding hydrogens is 253 g/mol. The van der Waals surface area contributed by atoms with Crippen molar-refractivity contribution in [3.63, 3.8) is 0 Å². The van der Waals surface area contributed by atoms with E-state index in [0.29, 0.717) is 5.69 Å². The predicted octanol–water partition coefficient (Wildman–Crippen LogP) is 0.845. The summed E-state index contributed by atoms with van der Waals surface area (Å²) in [6.07, 6.45) is 0.193. The number of benzene rings is 1. The van der Waals surface area contributed by atoms with Gasteiger partial charge in [-0.1, -0.05) is 6.07 Å². The molecule has 0 spiro atoms. The first-order chi connectivity index (χ1) is 8.90. The number of carboxylic acid groups (broad SMARTS) is 1. The smallest absolute Gasteiger partial charge is 0.325 e. The number of nitrogens with two attached hydrogens (primary N) is 1. The number of nitrogens with zero attached hydrogens (tertiary/aromatic N) is 1. The van der Waals surface area contributed by atoms with Gasteiger partial charge < -0.3 is 21.1 Å². The lowest BCUT2D eigenvalue weighted by Crippen LogP contribution is -2.51. The number of hydrogen-bond acceptors (Lipinski definition) is 3. The minimum Gasteiger partial charge on any atom is -0.480 e. The van der Waals surface area contributed by atoms with Gasteiger partial charge in [-0.25, -0.2) is 9.18 Å². The Morgan fingerprint density at radius 1 is 1.47 bits per heavy atom. The summed E-state index contributed by atoms with van der Waals surface area (Å²) in [4.78, 5) is 24.1. The maximum absolute atomic E-state index is 13.0. The van der Waals surface area contributed by atoms with E-state index in [1.807, 2.05) is 0 Å². The summed E-state index contributed by atoms with van der Waals surface area (Å²) in [7, 11) is 0. The average molecular weight is 267 g/mol. The Balaban J connectivity index is 2.01. The molecular formula is C12H14FN3O3. The van der Waals surface area contributed by atoms with Crippen LogP contribution in [-0.4, -0.2) is 40.6 Å². The Hall–Kier alpha value is -2.15. The van der Waals surface area contributed by atoms with Crippen LogP contribution in [0.15, 0.2) is 24.3 Å². The van der Waals surface area contributed by atoms with Crippen LogP contribution in [0.5, 0.6) is 0 Å². The molecule has 1 aromatic carbocycles. The van der Waals surface area contributed by atoms with Gasteiger partial charge in [-0.3, -0.25) is 4.79 Å². The van der Waals surface area contributed by atoms with Crippen LogP contribution in [0.1, 0.15) is 6.42 Å². The lowest BCUT2D eigenvalue weighted by molar-refractivity contribution is -0.142. The zero-order chi connectivity index (χ0) is 14.0. The number of hydrogen-bond donors (Lipinski definition) is 3. The zero-order valence-corrected chi connectivity index (χ0v) is 10.1. The molecule has 2 rings (SSSR count). The number of carboxylic acids is 1. The minimum absolute atomic E-state index is 0.0660. The van der Waals surface area contributed by atoms with Crippen LogP contribution < -0.4 is 11.1 Å². The number of rotatable bonds is 2. The molecule has 1 atom stereocenters. The summed E-state index contributed by atoms with van der Waals surface area (Å²) in [6, 6.07) is 4.98. The van der Waals surface area contributed by atoms with Crippen molar-refractivity contribution >= 4 is 17.7 Å². The van der Waals surface area contributed by atoms with Gasteiger partial charge in [-0.2, -0.15) is 0 Å². The highest BCUT2D eigenvalue weighted by molar-refractivity contribution is 5.91.